The van der Waals surface area contributed by atoms with Crippen LogP contribution in [0, 0.1) is 0 Å². The van der Waals surface area contributed by atoms with Gasteiger partial charge in [-0.2, -0.15) is 0 Å². The summed E-state index contributed by atoms with van der Waals surface area (Å²) in [6.07, 6.45) is 2.54. The van der Waals surface area contributed by atoms with E-state index in [4.69, 9.17) is 18.8 Å². The molecule has 160 valence electrons. The second-order valence-electron chi connectivity index (χ2n) is 9.68. The topological polar surface area (TPSA) is 57.2 Å². The molecule has 2 saturated heterocycles. The molecule has 0 spiro atoms. The van der Waals surface area contributed by atoms with Gasteiger partial charge in [-0.05, 0) is 66.9 Å². The molecule has 0 aliphatic carbocycles. The second-order valence-corrected chi connectivity index (χ2v) is 9.68. The highest BCUT2D eigenvalue weighted by atomic mass is 16.6. The summed E-state index contributed by atoms with van der Waals surface area (Å²) < 4.78 is 23.9. The van der Waals surface area contributed by atoms with E-state index in [1.165, 1.54) is 0 Å². The maximum atomic E-state index is 12.5. The molecule has 0 radical (unpaired) electrons. The van der Waals surface area contributed by atoms with Crippen molar-refractivity contribution >= 4 is 18.7 Å². The molecule has 1 amide bonds. The van der Waals surface area contributed by atoms with Crippen molar-refractivity contribution in [1.82, 2.24) is 4.90 Å². The summed E-state index contributed by atoms with van der Waals surface area (Å²) in [5, 5.41) is 0. The minimum Gasteiger partial charge on any atom is -0.492 e. The minimum atomic E-state index is -0.503. The molecule has 1 aromatic rings. The van der Waals surface area contributed by atoms with Crippen molar-refractivity contribution in [3.05, 3.63) is 24.3 Å². The number of carbonyl (C=O) groups excluding carboxylic acids is 1. The number of amides is 1. The zero-order valence-corrected chi connectivity index (χ0v) is 18.6. The lowest BCUT2D eigenvalue weighted by molar-refractivity contribution is -0.0232. The first-order valence-corrected chi connectivity index (χ1v) is 10.6. The lowest BCUT2D eigenvalue weighted by Crippen LogP contribution is -2.52. The fourth-order valence-electron chi connectivity index (χ4n) is 4.02. The molecule has 2 aliphatic rings. The van der Waals surface area contributed by atoms with E-state index < -0.39 is 12.7 Å². The molecule has 0 aromatic heterocycles. The Bertz CT molecular complexity index is 717. The molecule has 29 heavy (non-hydrogen) atoms. The third kappa shape index (κ3) is 5.89. The number of nitrogens with zero attached hydrogens (tertiary/aromatic N) is 1. The van der Waals surface area contributed by atoms with Crippen LogP contribution in [0.2, 0.25) is 0 Å². The molecule has 2 atom stereocenters. The van der Waals surface area contributed by atoms with Crippen LogP contribution in [-0.2, 0) is 14.0 Å². The van der Waals surface area contributed by atoms with E-state index in [0.717, 1.165) is 30.5 Å². The zero-order valence-electron chi connectivity index (χ0n) is 18.6. The largest absolute Gasteiger partial charge is 0.498 e. The quantitative estimate of drug-likeness (QED) is 0.717. The maximum Gasteiger partial charge on any atom is 0.498 e. The number of para-hydroxylation sites is 1. The van der Waals surface area contributed by atoms with Crippen LogP contribution in [0.4, 0.5) is 4.79 Å². The van der Waals surface area contributed by atoms with E-state index in [2.05, 4.69) is 20.8 Å². The molecule has 0 N–H and O–H groups in total. The van der Waals surface area contributed by atoms with E-state index in [-0.39, 0.29) is 23.8 Å². The molecule has 1 aromatic carbocycles. The first kappa shape index (κ1) is 22.0. The van der Waals surface area contributed by atoms with Gasteiger partial charge < -0.3 is 23.7 Å². The summed E-state index contributed by atoms with van der Waals surface area (Å²) in [5.41, 5.74) is 0.125. The standard InChI is InChI=1S/C22H34BNO5/c1-16-14-22(5,6)29-23(28-16)18-11-7-8-12-19(18)26-15-17-10-9-13-24(17)20(25)27-21(2,3)4/h7-8,11-12,16-17H,9-10,13-15H2,1-6H3/t16-,17+/m1/s1. The van der Waals surface area contributed by atoms with Crippen molar-refractivity contribution in [2.45, 2.75) is 84.2 Å². The predicted molar refractivity (Wildman–Crippen MR) is 114 cm³/mol. The monoisotopic (exact) mass is 403 g/mol. The Morgan fingerprint density at radius 2 is 2.03 bits per heavy atom. The highest BCUT2D eigenvalue weighted by Crippen LogP contribution is 2.27. The lowest BCUT2D eigenvalue weighted by atomic mass is 9.74. The van der Waals surface area contributed by atoms with E-state index in [0.29, 0.717) is 13.2 Å². The minimum absolute atomic E-state index is 0.00135. The second kappa shape index (κ2) is 8.56. The van der Waals surface area contributed by atoms with E-state index >= 15 is 0 Å². The summed E-state index contributed by atoms with van der Waals surface area (Å²) in [6.45, 7) is 13.0. The van der Waals surface area contributed by atoms with Crippen LogP contribution in [0.1, 0.15) is 60.8 Å². The Morgan fingerprint density at radius 3 is 2.72 bits per heavy atom. The lowest BCUT2D eigenvalue weighted by Gasteiger charge is -2.38. The average Bonchev–Trinajstić information content (AvgIpc) is 3.05. The Hall–Kier alpha value is -1.73. The number of hydrogen-bond acceptors (Lipinski definition) is 5. The summed E-state index contributed by atoms with van der Waals surface area (Å²) in [5.74, 6) is 0.735. The summed E-state index contributed by atoms with van der Waals surface area (Å²) in [7, 11) is -0.463. The molecule has 6 nitrogen and oxygen atoms in total. The van der Waals surface area contributed by atoms with E-state index in [1.54, 1.807) is 4.90 Å². The van der Waals surface area contributed by atoms with Gasteiger partial charge in [0.2, 0.25) is 0 Å². The number of rotatable bonds is 4. The molecule has 2 fully saturated rings. The van der Waals surface area contributed by atoms with Gasteiger partial charge in [0, 0.05) is 18.1 Å². The van der Waals surface area contributed by atoms with Gasteiger partial charge >= 0.3 is 13.2 Å². The third-order valence-corrected chi connectivity index (χ3v) is 5.17. The number of ether oxygens (including phenoxy) is 2. The predicted octanol–water partition coefficient (Wildman–Crippen LogP) is 3.76. The molecule has 0 unspecified atom stereocenters. The van der Waals surface area contributed by atoms with Gasteiger partial charge in [-0.1, -0.05) is 18.2 Å². The molecule has 2 aliphatic heterocycles. The van der Waals surface area contributed by atoms with Crippen LogP contribution in [0.25, 0.3) is 0 Å². The van der Waals surface area contributed by atoms with Crippen molar-refractivity contribution in [3.63, 3.8) is 0 Å². The number of hydrogen-bond donors (Lipinski definition) is 0. The van der Waals surface area contributed by atoms with Crippen LogP contribution < -0.4 is 10.2 Å². The summed E-state index contributed by atoms with van der Waals surface area (Å²) >= 11 is 0. The van der Waals surface area contributed by atoms with Crippen LogP contribution in [-0.4, -0.2) is 54.6 Å². The van der Waals surface area contributed by atoms with Crippen LogP contribution in [0.15, 0.2) is 24.3 Å². The van der Waals surface area contributed by atoms with Crippen molar-refractivity contribution in [2.24, 2.45) is 0 Å². The highest BCUT2D eigenvalue weighted by molar-refractivity contribution is 6.62. The van der Waals surface area contributed by atoms with Gasteiger partial charge in [0.05, 0.1) is 11.6 Å². The van der Waals surface area contributed by atoms with Gasteiger partial charge in [-0.25, -0.2) is 4.79 Å². The van der Waals surface area contributed by atoms with Crippen molar-refractivity contribution in [3.8, 4) is 5.75 Å². The van der Waals surface area contributed by atoms with E-state index in [1.807, 2.05) is 45.0 Å². The van der Waals surface area contributed by atoms with Crippen molar-refractivity contribution in [1.29, 1.82) is 0 Å². The molecule has 3 rings (SSSR count). The fourth-order valence-corrected chi connectivity index (χ4v) is 4.02. The Kier molecular flexibility index (Phi) is 6.49. The first-order valence-electron chi connectivity index (χ1n) is 10.6. The van der Waals surface area contributed by atoms with Crippen LogP contribution >= 0.6 is 0 Å². The van der Waals surface area contributed by atoms with Gasteiger partial charge in [-0.15, -0.1) is 0 Å². The third-order valence-electron chi connectivity index (χ3n) is 5.17. The molecule has 2 heterocycles. The van der Waals surface area contributed by atoms with E-state index in [9.17, 15) is 4.79 Å². The molecular weight excluding hydrogens is 369 g/mol. The summed E-state index contributed by atoms with van der Waals surface area (Å²) in [6, 6.07) is 7.82. The molecule has 0 saturated carbocycles. The summed E-state index contributed by atoms with van der Waals surface area (Å²) in [4.78, 5) is 14.3. The molecular formula is C22H34BNO5. The van der Waals surface area contributed by atoms with Crippen molar-refractivity contribution < 1.29 is 23.6 Å². The molecule has 7 heteroatoms. The number of benzene rings is 1. The van der Waals surface area contributed by atoms with Crippen molar-refractivity contribution in [2.75, 3.05) is 13.2 Å². The Morgan fingerprint density at radius 1 is 1.31 bits per heavy atom. The fraction of sp³-hybridized carbons (Fsp3) is 0.682. The molecule has 0 bridgehead atoms. The first-order chi connectivity index (χ1) is 13.5. The zero-order chi connectivity index (χ0) is 21.2. The maximum absolute atomic E-state index is 12.5. The smallest absolute Gasteiger partial charge is 0.492 e. The SMILES string of the molecule is C[C@@H]1CC(C)(C)OB(c2ccccc2OC[C@@H]2CCCN2C(=O)OC(C)(C)C)O1. The number of likely N-dealkylation sites (tertiary alicyclic amines) is 1. The van der Waals surface area contributed by atoms with Gasteiger partial charge in [-0.3, -0.25) is 0 Å². The number of carbonyl (C=O) groups is 1. The van der Waals surface area contributed by atoms with Gasteiger partial charge in [0.25, 0.3) is 0 Å². The van der Waals surface area contributed by atoms with Gasteiger partial charge in [0.1, 0.15) is 18.0 Å². The Balaban J connectivity index is 1.68. The normalized spacial score (nSPS) is 24.5. The van der Waals surface area contributed by atoms with Crippen LogP contribution in [0.3, 0.4) is 0 Å². The van der Waals surface area contributed by atoms with Gasteiger partial charge in [0.15, 0.2) is 0 Å². The highest BCUT2D eigenvalue weighted by Gasteiger charge is 2.40. The average molecular weight is 403 g/mol. The van der Waals surface area contributed by atoms with Crippen LogP contribution in [0.5, 0.6) is 5.75 Å². The Labute approximate surface area is 175 Å².